The number of rotatable bonds is 5. The van der Waals surface area contributed by atoms with Crippen molar-refractivity contribution in [2.24, 2.45) is 5.73 Å². The van der Waals surface area contributed by atoms with Gasteiger partial charge in [0.15, 0.2) is 0 Å². The van der Waals surface area contributed by atoms with Crippen LogP contribution in [0.4, 0.5) is 0 Å². The van der Waals surface area contributed by atoms with Crippen LogP contribution in [0, 0.1) is 0 Å². The Labute approximate surface area is 153 Å². The van der Waals surface area contributed by atoms with E-state index in [4.69, 9.17) is 21.8 Å². The Morgan fingerprint density at radius 2 is 2.20 bits per heavy atom. The van der Waals surface area contributed by atoms with Crippen molar-refractivity contribution in [2.75, 3.05) is 12.3 Å². The summed E-state index contributed by atoms with van der Waals surface area (Å²) in [6.07, 6.45) is 2.39. The van der Waals surface area contributed by atoms with E-state index in [-0.39, 0.29) is 16.9 Å². The first-order valence-electron chi connectivity index (χ1n) is 7.85. The number of thioether (sulfide) groups is 1. The average Bonchev–Trinajstić information content (AvgIpc) is 3.08. The maximum Gasteiger partial charge on any atom is 0.277 e. The number of halogens is 1. The number of benzene rings is 1. The monoisotopic (exact) mass is 380 g/mol. The van der Waals surface area contributed by atoms with Crippen LogP contribution in [-0.2, 0) is 9.59 Å². The Morgan fingerprint density at radius 3 is 2.96 bits per heavy atom. The number of hydrogen-bond acceptors (Lipinski definition) is 6. The second kappa shape index (κ2) is 7.88. The topological polar surface area (TPSA) is 102 Å². The van der Waals surface area contributed by atoms with Gasteiger partial charge in [0.1, 0.15) is 6.04 Å². The number of amides is 2. The average molecular weight is 381 g/mol. The van der Waals surface area contributed by atoms with Gasteiger partial charge in [0.05, 0.1) is 5.75 Å². The van der Waals surface area contributed by atoms with Crippen molar-refractivity contribution in [2.45, 2.75) is 30.5 Å². The largest absolute Gasteiger partial charge is 0.411 e. The van der Waals surface area contributed by atoms with Crippen molar-refractivity contribution < 1.29 is 14.0 Å². The molecule has 25 heavy (non-hydrogen) atoms. The molecule has 7 nitrogen and oxygen atoms in total. The zero-order valence-electron chi connectivity index (χ0n) is 13.4. The summed E-state index contributed by atoms with van der Waals surface area (Å²) in [5.41, 5.74) is 6.10. The zero-order valence-corrected chi connectivity index (χ0v) is 14.9. The summed E-state index contributed by atoms with van der Waals surface area (Å²) in [5.74, 6) is -0.165. The summed E-state index contributed by atoms with van der Waals surface area (Å²) in [5, 5.41) is 8.76. The van der Waals surface area contributed by atoms with Crippen molar-refractivity contribution in [1.82, 2.24) is 15.1 Å². The molecule has 1 aromatic carbocycles. The molecule has 1 aliphatic heterocycles. The lowest BCUT2D eigenvalue weighted by atomic mass is 10.0. The summed E-state index contributed by atoms with van der Waals surface area (Å²) < 4.78 is 5.56. The van der Waals surface area contributed by atoms with E-state index in [9.17, 15) is 9.59 Å². The fourth-order valence-corrected chi connectivity index (χ4v) is 3.58. The molecular formula is C16H17ClN4O3S. The van der Waals surface area contributed by atoms with E-state index in [1.54, 1.807) is 23.1 Å². The molecule has 1 aliphatic rings. The number of nitrogens with two attached hydrogens (primary N) is 1. The third-order valence-corrected chi connectivity index (χ3v) is 4.99. The third kappa shape index (κ3) is 4.32. The van der Waals surface area contributed by atoms with E-state index in [0.717, 1.165) is 24.6 Å². The van der Waals surface area contributed by atoms with Crippen LogP contribution in [0.15, 0.2) is 33.9 Å². The van der Waals surface area contributed by atoms with Crippen LogP contribution in [-0.4, -0.2) is 45.3 Å². The Bertz CT molecular complexity index is 782. The molecule has 2 aromatic rings. The van der Waals surface area contributed by atoms with Gasteiger partial charge in [-0.3, -0.25) is 9.59 Å². The molecule has 1 aromatic heterocycles. The highest BCUT2D eigenvalue weighted by Crippen LogP contribution is 2.26. The number of likely N-dealkylation sites (tertiary alicyclic amines) is 1. The maximum atomic E-state index is 12.4. The minimum Gasteiger partial charge on any atom is -0.411 e. The summed E-state index contributed by atoms with van der Waals surface area (Å²) in [4.78, 5) is 25.4. The highest BCUT2D eigenvalue weighted by molar-refractivity contribution is 7.99. The van der Waals surface area contributed by atoms with Crippen molar-refractivity contribution in [3.05, 3.63) is 29.3 Å². The molecule has 2 heterocycles. The number of carbonyl (C=O) groups is 2. The molecule has 0 bridgehead atoms. The summed E-state index contributed by atoms with van der Waals surface area (Å²) in [6.45, 7) is 0.546. The van der Waals surface area contributed by atoms with E-state index < -0.39 is 11.9 Å². The van der Waals surface area contributed by atoms with E-state index in [1.807, 2.05) is 6.07 Å². The molecule has 132 valence electrons. The molecule has 9 heteroatoms. The molecule has 2 N–H and O–H groups in total. The number of carbonyl (C=O) groups excluding carboxylic acids is 2. The van der Waals surface area contributed by atoms with Gasteiger partial charge in [0, 0.05) is 17.1 Å². The van der Waals surface area contributed by atoms with E-state index >= 15 is 0 Å². The second-order valence-corrected chi connectivity index (χ2v) is 7.04. The van der Waals surface area contributed by atoms with Crippen LogP contribution in [0.25, 0.3) is 11.5 Å². The molecular weight excluding hydrogens is 364 g/mol. The third-order valence-electron chi connectivity index (χ3n) is 3.95. The molecule has 0 aliphatic carbocycles. The van der Waals surface area contributed by atoms with Crippen LogP contribution >= 0.6 is 23.4 Å². The van der Waals surface area contributed by atoms with Crippen LogP contribution < -0.4 is 5.73 Å². The van der Waals surface area contributed by atoms with Gasteiger partial charge in [-0.1, -0.05) is 29.4 Å². The summed E-state index contributed by atoms with van der Waals surface area (Å²) in [6, 6.07) is 6.55. The standard InChI is InChI=1S/C16H17ClN4O3S/c17-11-5-3-4-10(8-11)15-19-20-16(24-15)25-9-13(22)21-7-2-1-6-12(21)14(18)23/h3-5,8,12H,1-2,6-7,9H2,(H2,18,23). The lowest BCUT2D eigenvalue weighted by Crippen LogP contribution is -2.51. The van der Waals surface area contributed by atoms with Gasteiger partial charge in [-0.25, -0.2) is 0 Å². The van der Waals surface area contributed by atoms with E-state index in [0.29, 0.717) is 29.4 Å². The quantitative estimate of drug-likeness (QED) is 0.799. The highest BCUT2D eigenvalue weighted by atomic mass is 35.5. The molecule has 0 saturated carbocycles. The number of piperidine rings is 1. The Kier molecular flexibility index (Phi) is 5.60. The van der Waals surface area contributed by atoms with Gasteiger partial charge in [-0.2, -0.15) is 0 Å². The van der Waals surface area contributed by atoms with Crippen LogP contribution in [0.1, 0.15) is 19.3 Å². The number of hydrogen-bond donors (Lipinski definition) is 1. The van der Waals surface area contributed by atoms with Crippen molar-refractivity contribution in [3.8, 4) is 11.5 Å². The van der Waals surface area contributed by atoms with Crippen LogP contribution in [0.3, 0.4) is 0 Å². The molecule has 0 spiro atoms. The van der Waals surface area contributed by atoms with Gasteiger partial charge < -0.3 is 15.1 Å². The van der Waals surface area contributed by atoms with E-state index in [2.05, 4.69) is 10.2 Å². The minimum absolute atomic E-state index is 0.112. The number of primary amides is 1. The minimum atomic E-state index is -0.522. The Balaban J connectivity index is 1.62. The first-order valence-corrected chi connectivity index (χ1v) is 9.22. The lowest BCUT2D eigenvalue weighted by molar-refractivity contribution is -0.138. The highest BCUT2D eigenvalue weighted by Gasteiger charge is 2.30. The molecule has 3 rings (SSSR count). The number of aromatic nitrogens is 2. The molecule has 1 atom stereocenters. The SMILES string of the molecule is NC(=O)C1CCCCN1C(=O)CSc1nnc(-c2cccc(Cl)c2)o1. The van der Waals surface area contributed by atoms with Crippen LogP contribution in [0.2, 0.25) is 5.02 Å². The molecule has 1 unspecified atom stereocenters. The van der Waals surface area contributed by atoms with Gasteiger partial charge in [0.25, 0.3) is 5.22 Å². The summed E-state index contributed by atoms with van der Waals surface area (Å²) in [7, 11) is 0. The van der Waals surface area contributed by atoms with Crippen molar-refractivity contribution >= 4 is 35.2 Å². The normalized spacial score (nSPS) is 17.5. The van der Waals surface area contributed by atoms with E-state index in [1.165, 1.54) is 0 Å². The maximum absolute atomic E-state index is 12.4. The first-order chi connectivity index (χ1) is 12.0. The fourth-order valence-electron chi connectivity index (χ4n) is 2.74. The van der Waals surface area contributed by atoms with Crippen molar-refractivity contribution in [3.63, 3.8) is 0 Å². The Morgan fingerprint density at radius 1 is 1.36 bits per heavy atom. The molecule has 0 radical (unpaired) electrons. The predicted molar refractivity (Wildman–Crippen MR) is 94.0 cm³/mol. The van der Waals surface area contributed by atoms with Gasteiger partial charge in [-0.05, 0) is 37.5 Å². The second-order valence-electron chi connectivity index (χ2n) is 5.67. The van der Waals surface area contributed by atoms with Gasteiger partial charge >= 0.3 is 0 Å². The zero-order chi connectivity index (χ0) is 17.8. The Hall–Kier alpha value is -2.06. The molecule has 1 fully saturated rings. The van der Waals surface area contributed by atoms with Crippen LogP contribution in [0.5, 0.6) is 0 Å². The molecule has 2 amide bonds. The molecule has 1 saturated heterocycles. The van der Waals surface area contributed by atoms with Gasteiger partial charge in [-0.15, -0.1) is 10.2 Å². The van der Waals surface area contributed by atoms with Crippen molar-refractivity contribution in [1.29, 1.82) is 0 Å². The van der Waals surface area contributed by atoms with Gasteiger partial charge in [0.2, 0.25) is 17.7 Å². The fraction of sp³-hybridized carbons (Fsp3) is 0.375. The predicted octanol–water partition coefficient (Wildman–Crippen LogP) is 2.35. The summed E-state index contributed by atoms with van der Waals surface area (Å²) >= 11 is 7.09. The smallest absolute Gasteiger partial charge is 0.277 e. The first kappa shape index (κ1) is 17.8. The number of nitrogens with zero attached hydrogens (tertiary/aromatic N) is 3. The lowest BCUT2D eigenvalue weighted by Gasteiger charge is -2.33.